The van der Waals surface area contributed by atoms with Crippen LogP contribution in [0.4, 0.5) is 0 Å². The van der Waals surface area contributed by atoms with E-state index in [0.717, 1.165) is 0 Å². The third-order valence-electron chi connectivity index (χ3n) is 3.52. The largest absolute Gasteiger partial charge is 0.468 e. The molecule has 84 valence electrons. The molecule has 0 saturated heterocycles. The SMILES string of the molecule is CC[Si](CC)(CC)C(OC=O)C(C)C. The average molecular weight is 216 g/mol. The molecule has 1 atom stereocenters. The summed E-state index contributed by atoms with van der Waals surface area (Å²) in [4.78, 5) is 10.5. The Bertz CT molecular complexity index is 156. The van der Waals surface area contributed by atoms with Crippen molar-refractivity contribution in [2.45, 2.75) is 58.5 Å². The molecule has 0 aromatic rings. The zero-order chi connectivity index (χ0) is 11.2. The van der Waals surface area contributed by atoms with Crippen LogP contribution in [0.5, 0.6) is 0 Å². The predicted molar refractivity (Wildman–Crippen MR) is 63.0 cm³/mol. The smallest absolute Gasteiger partial charge is 0.293 e. The summed E-state index contributed by atoms with van der Waals surface area (Å²) in [5.74, 6) is 0.451. The van der Waals surface area contributed by atoms with Crippen molar-refractivity contribution in [3.63, 3.8) is 0 Å². The van der Waals surface area contributed by atoms with Crippen LogP contribution < -0.4 is 0 Å². The van der Waals surface area contributed by atoms with Gasteiger partial charge in [-0.05, 0) is 5.92 Å². The van der Waals surface area contributed by atoms with Crippen molar-refractivity contribution >= 4 is 14.5 Å². The van der Waals surface area contributed by atoms with Gasteiger partial charge in [-0.1, -0.05) is 52.8 Å². The first kappa shape index (κ1) is 13.7. The topological polar surface area (TPSA) is 26.3 Å². The minimum absolute atomic E-state index is 0.194. The van der Waals surface area contributed by atoms with Crippen molar-refractivity contribution in [1.82, 2.24) is 0 Å². The third kappa shape index (κ3) is 2.84. The molecule has 0 rings (SSSR count). The van der Waals surface area contributed by atoms with E-state index < -0.39 is 8.07 Å². The summed E-state index contributed by atoms with van der Waals surface area (Å²) in [7, 11) is -1.38. The molecular weight excluding hydrogens is 192 g/mol. The lowest BCUT2D eigenvalue weighted by molar-refractivity contribution is -0.132. The van der Waals surface area contributed by atoms with Gasteiger partial charge in [-0.15, -0.1) is 0 Å². The van der Waals surface area contributed by atoms with Gasteiger partial charge in [-0.3, -0.25) is 4.79 Å². The normalized spacial score (nSPS) is 14.1. The first-order valence-electron chi connectivity index (χ1n) is 5.67. The lowest BCUT2D eigenvalue weighted by Gasteiger charge is -2.37. The van der Waals surface area contributed by atoms with Crippen molar-refractivity contribution in [2.75, 3.05) is 0 Å². The van der Waals surface area contributed by atoms with E-state index in [4.69, 9.17) is 4.74 Å². The zero-order valence-electron chi connectivity index (χ0n) is 10.2. The van der Waals surface area contributed by atoms with Gasteiger partial charge in [-0.2, -0.15) is 0 Å². The molecule has 0 amide bonds. The number of carbonyl (C=O) groups excluding carboxylic acids is 1. The average Bonchev–Trinajstić information content (AvgIpc) is 2.19. The summed E-state index contributed by atoms with van der Waals surface area (Å²) in [6.07, 6.45) is 0. The number of hydrogen-bond acceptors (Lipinski definition) is 2. The third-order valence-corrected chi connectivity index (χ3v) is 9.76. The Morgan fingerprint density at radius 2 is 1.57 bits per heavy atom. The van der Waals surface area contributed by atoms with Gasteiger partial charge in [0.15, 0.2) is 0 Å². The van der Waals surface area contributed by atoms with Crippen molar-refractivity contribution < 1.29 is 9.53 Å². The first-order chi connectivity index (χ1) is 6.57. The molecular formula is C11H24O2Si. The summed E-state index contributed by atoms with van der Waals surface area (Å²) in [5.41, 5.74) is 0.194. The highest BCUT2D eigenvalue weighted by Gasteiger charge is 2.39. The van der Waals surface area contributed by atoms with Crippen LogP contribution in [0.2, 0.25) is 18.1 Å². The standard InChI is InChI=1S/C11H24O2Si/c1-6-14(7-2,8-3)11(10(4)5)13-9-12/h9-11H,6-8H2,1-5H3. The lowest BCUT2D eigenvalue weighted by atomic mass is 10.2. The fourth-order valence-electron chi connectivity index (χ4n) is 2.42. The van der Waals surface area contributed by atoms with E-state index in [1.807, 2.05) is 0 Å². The molecule has 0 aliphatic rings. The number of carbonyl (C=O) groups is 1. The van der Waals surface area contributed by atoms with E-state index in [1.165, 1.54) is 18.1 Å². The fraction of sp³-hybridized carbons (Fsp3) is 0.909. The van der Waals surface area contributed by atoms with Crippen molar-refractivity contribution in [3.05, 3.63) is 0 Å². The monoisotopic (exact) mass is 216 g/mol. The highest BCUT2D eigenvalue weighted by molar-refractivity contribution is 6.81. The van der Waals surface area contributed by atoms with Gasteiger partial charge >= 0.3 is 0 Å². The van der Waals surface area contributed by atoms with Gasteiger partial charge in [0.2, 0.25) is 0 Å². The van der Waals surface area contributed by atoms with E-state index in [2.05, 4.69) is 34.6 Å². The Labute approximate surface area is 89.0 Å². The molecule has 0 aromatic carbocycles. The Morgan fingerprint density at radius 1 is 1.14 bits per heavy atom. The Morgan fingerprint density at radius 3 is 1.79 bits per heavy atom. The summed E-state index contributed by atoms with van der Waals surface area (Å²) in [5, 5.41) is 0. The van der Waals surface area contributed by atoms with Crippen LogP contribution in [0.3, 0.4) is 0 Å². The van der Waals surface area contributed by atoms with Crippen LogP contribution in [0, 0.1) is 5.92 Å². The summed E-state index contributed by atoms with van der Waals surface area (Å²) >= 11 is 0. The molecule has 3 heteroatoms. The zero-order valence-corrected chi connectivity index (χ0v) is 11.2. The van der Waals surface area contributed by atoms with Crippen molar-refractivity contribution in [2.24, 2.45) is 5.92 Å². The second-order valence-corrected chi connectivity index (χ2v) is 9.74. The number of hydrogen-bond donors (Lipinski definition) is 0. The first-order valence-corrected chi connectivity index (χ1v) is 8.36. The second kappa shape index (κ2) is 6.22. The summed E-state index contributed by atoms with van der Waals surface area (Å²) in [6, 6.07) is 3.62. The molecule has 0 bridgehead atoms. The molecule has 0 aromatic heterocycles. The maximum Gasteiger partial charge on any atom is 0.293 e. The van der Waals surface area contributed by atoms with E-state index in [1.54, 1.807) is 0 Å². The highest BCUT2D eigenvalue weighted by Crippen LogP contribution is 2.30. The maximum atomic E-state index is 10.5. The van der Waals surface area contributed by atoms with Crippen LogP contribution >= 0.6 is 0 Å². The van der Waals surface area contributed by atoms with Crippen LogP contribution in [-0.4, -0.2) is 20.3 Å². The maximum absolute atomic E-state index is 10.5. The molecule has 0 aliphatic heterocycles. The highest BCUT2D eigenvalue weighted by atomic mass is 28.3. The number of ether oxygens (including phenoxy) is 1. The van der Waals surface area contributed by atoms with Crippen molar-refractivity contribution in [1.29, 1.82) is 0 Å². The van der Waals surface area contributed by atoms with E-state index in [9.17, 15) is 4.79 Å². The van der Waals surface area contributed by atoms with E-state index in [-0.39, 0.29) is 5.73 Å². The Hall–Kier alpha value is -0.313. The van der Waals surface area contributed by atoms with Gasteiger partial charge in [0, 0.05) is 0 Å². The van der Waals surface area contributed by atoms with Gasteiger partial charge < -0.3 is 4.74 Å². The fourth-order valence-corrected chi connectivity index (χ4v) is 6.89. The van der Waals surface area contributed by atoms with Gasteiger partial charge in [-0.25, -0.2) is 0 Å². The molecule has 2 nitrogen and oxygen atoms in total. The van der Waals surface area contributed by atoms with Gasteiger partial charge in [0.1, 0.15) is 8.07 Å². The molecule has 0 fully saturated rings. The molecule has 0 heterocycles. The van der Waals surface area contributed by atoms with Gasteiger partial charge in [0.05, 0.1) is 5.73 Å². The summed E-state index contributed by atoms with van der Waals surface area (Å²) in [6.45, 7) is 11.6. The number of rotatable bonds is 7. The molecule has 0 saturated carbocycles. The molecule has 14 heavy (non-hydrogen) atoms. The minimum atomic E-state index is -1.38. The van der Waals surface area contributed by atoms with Crippen LogP contribution in [0.15, 0.2) is 0 Å². The minimum Gasteiger partial charge on any atom is -0.468 e. The quantitative estimate of drug-likeness (QED) is 0.482. The molecule has 0 spiro atoms. The Balaban J connectivity index is 4.79. The molecule has 0 N–H and O–H groups in total. The molecule has 0 aliphatic carbocycles. The van der Waals surface area contributed by atoms with Gasteiger partial charge in [0.25, 0.3) is 6.47 Å². The second-order valence-electron chi connectivity index (χ2n) is 4.32. The predicted octanol–water partition coefficient (Wildman–Crippen LogP) is 3.23. The lowest BCUT2D eigenvalue weighted by Crippen LogP contribution is -2.50. The molecule has 0 radical (unpaired) electrons. The van der Waals surface area contributed by atoms with E-state index in [0.29, 0.717) is 12.4 Å². The molecule has 1 unspecified atom stereocenters. The van der Waals surface area contributed by atoms with E-state index >= 15 is 0 Å². The van der Waals surface area contributed by atoms with Crippen molar-refractivity contribution in [3.8, 4) is 0 Å². The van der Waals surface area contributed by atoms with Crippen LogP contribution in [0.1, 0.15) is 34.6 Å². The summed E-state index contributed by atoms with van der Waals surface area (Å²) < 4.78 is 5.32. The van der Waals surface area contributed by atoms with Crippen LogP contribution in [0.25, 0.3) is 0 Å². The van der Waals surface area contributed by atoms with Crippen LogP contribution in [-0.2, 0) is 9.53 Å². The Kier molecular flexibility index (Phi) is 6.08.